The molecule has 0 N–H and O–H groups in total. The fourth-order valence-corrected chi connectivity index (χ4v) is 4.06. The fraction of sp³-hybridized carbons (Fsp3) is 0.500. The monoisotopic (exact) mass is 292 g/mol. The van der Waals surface area contributed by atoms with Crippen molar-refractivity contribution in [3.63, 3.8) is 0 Å². The molecule has 3 nitrogen and oxygen atoms in total. The maximum atomic E-state index is 13.4. The molecule has 0 bridgehead atoms. The Morgan fingerprint density at radius 3 is 2.28 bits per heavy atom. The van der Waals surface area contributed by atoms with Crippen molar-refractivity contribution in [2.24, 2.45) is 0 Å². The van der Waals surface area contributed by atoms with Crippen LogP contribution in [0.25, 0.3) is 0 Å². The summed E-state index contributed by atoms with van der Waals surface area (Å²) >= 11 is 0. The number of benzene rings is 1. The van der Waals surface area contributed by atoms with E-state index in [9.17, 15) is 17.0 Å². The Labute approximate surface area is 110 Å². The van der Waals surface area contributed by atoms with E-state index in [1.807, 2.05) is 0 Å². The number of sulfone groups is 1. The molecule has 1 aromatic rings. The van der Waals surface area contributed by atoms with Crippen molar-refractivity contribution in [3.8, 4) is 0 Å². The predicted octanol–water partition coefficient (Wildman–Crippen LogP) is 2.15. The Kier molecular flexibility index (Phi) is 4.66. The molecule has 0 saturated carbocycles. The highest BCUT2D eigenvalue weighted by atomic mass is 32.2. The van der Waals surface area contributed by atoms with E-state index < -0.39 is 31.2 Å². The van der Waals surface area contributed by atoms with Crippen molar-refractivity contribution in [2.75, 3.05) is 11.5 Å². The van der Waals surface area contributed by atoms with Crippen LogP contribution in [0.1, 0.15) is 20.8 Å². The van der Waals surface area contributed by atoms with Gasteiger partial charge in [0.05, 0.1) is 26.2 Å². The van der Waals surface area contributed by atoms with E-state index in [0.29, 0.717) is 0 Å². The van der Waals surface area contributed by atoms with Gasteiger partial charge in [0.15, 0.2) is 9.84 Å². The van der Waals surface area contributed by atoms with Crippen molar-refractivity contribution in [1.29, 1.82) is 0 Å². The minimum Gasteiger partial charge on any atom is -0.254 e. The Hall–Kier alpha value is -0.750. The molecule has 1 unspecified atom stereocenters. The highest BCUT2D eigenvalue weighted by Gasteiger charge is 2.29. The molecule has 0 radical (unpaired) electrons. The first-order valence-electron chi connectivity index (χ1n) is 5.50. The molecule has 102 valence electrons. The molecule has 1 aromatic carbocycles. The SMILES string of the molecule is CC(C)(C)S(=O)(=O)CCS(=O)c1ccccc1F. The molecule has 0 aliphatic carbocycles. The standard InChI is InChI=1S/C12H17FO3S2/c1-12(2,3)18(15,16)9-8-17(14)11-7-5-4-6-10(11)13/h4-7H,8-9H2,1-3H3. The highest BCUT2D eigenvalue weighted by molar-refractivity contribution is 7.94. The van der Waals surface area contributed by atoms with Gasteiger partial charge in [0.1, 0.15) is 5.82 Å². The molecule has 0 aliphatic heterocycles. The summed E-state index contributed by atoms with van der Waals surface area (Å²) in [6.07, 6.45) is 0. The van der Waals surface area contributed by atoms with Crippen LogP contribution in [-0.2, 0) is 20.6 Å². The lowest BCUT2D eigenvalue weighted by Crippen LogP contribution is -2.32. The highest BCUT2D eigenvalue weighted by Crippen LogP contribution is 2.18. The fourth-order valence-electron chi connectivity index (χ4n) is 1.23. The van der Waals surface area contributed by atoms with Gasteiger partial charge in [-0.25, -0.2) is 12.8 Å². The van der Waals surface area contributed by atoms with Crippen molar-refractivity contribution in [2.45, 2.75) is 30.4 Å². The second-order valence-electron chi connectivity index (χ2n) is 4.91. The van der Waals surface area contributed by atoms with Crippen LogP contribution in [0.2, 0.25) is 0 Å². The second kappa shape index (κ2) is 5.48. The van der Waals surface area contributed by atoms with E-state index in [2.05, 4.69) is 0 Å². The van der Waals surface area contributed by atoms with Crippen LogP contribution < -0.4 is 0 Å². The Bertz CT molecular complexity index is 545. The minimum absolute atomic E-state index is 0.0570. The molecule has 6 heteroatoms. The lowest BCUT2D eigenvalue weighted by atomic mass is 10.3. The van der Waals surface area contributed by atoms with E-state index >= 15 is 0 Å². The van der Waals surface area contributed by atoms with Crippen LogP contribution in [0.3, 0.4) is 0 Å². The van der Waals surface area contributed by atoms with E-state index in [1.165, 1.54) is 18.2 Å². The Balaban J connectivity index is 2.78. The molecule has 0 amide bonds. The number of halogens is 1. The van der Waals surface area contributed by atoms with E-state index in [1.54, 1.807) is 26.8 Å². The van der Waals surface area contributed by atoms with Gasteiger partial charge in [-0.2, -0.15) is 0 Å². The molecule has 1 atom stereocenters. The summed E-state index contributed by atoms with van der Waals surface area (Å²) in [5.74, 6) is -0.859. The average Bonchev–Trinajstić information content (AvgIpc) is 2.25. The summed E-state index contributed by atoms with van der Waals surface area (Å²) < 4.78 is 48.0. The molecular weight excluding hydrogens is 275 g/mol. The summed E-state index contributed by atoms with van der Waals surface area (Å²) in [6.45, 7) is 4.77. The molecular formula is C12H17FO3S2. The molecule has 1 rings (SSSR count). The van der Waals surface area contributed by atoms with E-state index in [-0.39, 0.29) is 16.4 Å². The zero-order valence-electron chi connectivity index (χ0n) is 10.6. The van der Waals surface area contributed by atoms with Crippen LogP contribution in [0.15, 0.2) is 29.2 Å². The van der Waals surface area contributed by atoms with Crippen molar-refractivity contribution in [1.82, 2.24) is 0 Å². The van der Waals surface area contributed by atoms with Gasteiger partial charge in [-0.15, -0.1) is 0 Å². The van der Waals surface area contributed by atoms with Crippen molar-refractivity contribution < 1.29 is 17.0 Å². The largest absolute Gasteiger partial charge is 0.254 e. The van der Waals surface area contributed by atoms with Gasteiger partial charge in [0.2, 0.25) is 0 Å². The van der Waals surface area contributed by atoms with Crippen molar-refractivity contribution in [3.05, 3.63) is 30.1 Å². The van der Waals surface area contributed by atoms with Crippen molar-refractivity contribution >= 4 is 20.6 Å². The van der Waals surface area contributed by atoms with Gasteiger partial charge in [-0.3, -0.25) is 4.21 Å². The molecule has 0 spiro atoms. The maximum Gasteiger partial charge on any atom is 0.156 e. The average molecular weight is 292 g/mol. The normalized spacial score (nSPS) is 14.4. The van der Waals surface area contributed by atoms with Gasteiger partial charge in [0.25, 0.3) is 0 Å². The molecule has 18 heavy (non-hydrogen) atoms. The smallest absolute Gasteiger partial charge is 0.156 e. The molecule has 0 aliphatic rings. The lowest BCUT2D eigenvalue weighted by Gasteiger charge is -2.18. The summed E-state index contributed by atoms with van der Waals surface area (Å²) in [5.41, 5.74) is 0. The maximum absolute atomic E-state index is 13.4. The third kappa shape index (κ3) is 3.62. The quantitative estimate of drug-likeness (QED) is 0.854. The molecule has 0 saturated heterocycles. The first kappa shape index (κ1) is 15.3. The zero-order chi connectivity index (χ0) is 14.0. The van der Waals surface area contributed by atoms with E-state index in [4.69, 9.17) is 0 Å². The zero-order valence-corrected chi connectivity index (χ0v) is 12.3. The number of hydrogen-bond acceptors (Lipinski definition) is 3. The van der Waals surface area contributed by atoms with Gasteiger partial charge >= 0.3 is 0 Å². The van der Waals surface area contributed by atoms with Crippen LogP contribution in [0.5, 0.6) is 0 Å². The number of hydrogen-bond donors (Lipinski definition) is 0. The Morgan fingerprint density at radius 2 is 1.78 bits per heavy atom. The first-order chi connectivity index (χ1) is 8.15. The third-order valence-corrected chi connectivity index (χ3v) is 6.81. The van der Waals surface area contributed by atoms with Crippen LogP contribution in [0.4, 0.5) is 4.39 Å². The predicted molar refractivity (Wildman–Crippen MR) is 71.2 cm³/mol. The lowest BCUT2D eigenvalue weighted by molar-refractivity contribution is 0.561. The molecule has 0 aromatic heterocycles. The van der Waals surface area contributed by atoms with Gasteiger partial charge in [0, 0.05) is 5.75 Å². The van der Waals surface area contributed by atoms with Gasteiger partial charge < -0.3 is 0 Å². The Morgan fingerprint density at radius 1 is 1.22 bits per heavy atom. The van der Waals surface area contributed by atoms with Crippen LogP contribution in [0, 0.1) is 5.82 Å². The van der Waals surface area contributed by atoms with Gasteiger partial charge in [-0.05, 0) is 32.9 Å². The number of rotatable bonds is 4. The van der Waals surface area contributed by atoms with Crippen LogP contribution >= 0.6 is 0 Å². The van der Waals surface area contributed by atoms with Crippen LogP contribution in [-0.4, -0.2) is 28.9 Å². The van der Waals surface area contributed by atoms with Gasteiger partial charge in [-0.1, -0.05) is 12.1 Å². The second-order valence-corrected chi connectivity index (χ2v) is 9.31. The first-order valence-corrected chi connectivity index (χ1v) is 8.47. The molecule has 0 heterocycles. The molecule has 0 fully saturated rings. The summed E-state index contributed by atoms with van der Waals surface area (Å²) in [4.78, 5) is 0.0570. The summed E-state index contributed by atoms with van der Waals surface area (Å²) in [6, 6.07) is 5.71. The summed E-state index contributed by atoms with van der Waals surface area (Å²) in [7, 11) is -4.96. The topological polar surface area (TPSA) is 51.2 Å². The summed E-state index contributed by atoms with van der Waals surface area (Å²) in [5, 5.41) is 0. The minimum atomic E-state index is -3.33. The third-order valence-electron chi connectivity index (χ3n) is 2.55. The van der Waals surface area contributed by atoms with E-state index in [0.717, 1.165) is 0 Å².